The molecule has 2 aromatic rings. The van der Waals surface area contributed by atoms with Gasteiger partial charge in [0.1, 0.15) is 5.82 Å². The van der Waals surface area contributed by atoms with Gasteiger partial charge in [-0.1, -0.05) is 30.3 Å². The van der Waals surface area contributed by atoms with E-state index in [9.17, 15) is 12.8 Å². The fourth-order valence-corrected chi connectivity index (χ4v) is 6.21. The zero-order valence-electron chi connectivity index (χ0n) is 18.7. The summed E-state index contributed by atoms with van der Waals surface area (Å²) in [4.78, 5) is 0. The number of halogens is 2. The van der Waals surface area contributed by atoms with E-state index in [1.165, 1.54) is 33.1 Å². The molecule has 4 nitrogen and oxygen atoms in total. The van der Waals surface area contributed by atoms with Gasteiger partial charge in [-0.05, 0) is 85.3 Å². The molecule has 1 saturated carbocycles. The predicted octanol–water partition coefficient (Wildman–Crippen LogP) is 4.45. The van der Waals surface area contributed by atoms with Crippen LogP contribution < -0.4 is 5.73 Å². The van der Waals surface area contributed by atoms with Crippen LogP contribution in [0.25, 0.3) is 0 Å². The molecule has 1 fully saturated rings. The lowest BCUT2D eigenvalue weighted by molar-refractivity contribution is 0.457. The molecule has 2 atom stereocenters. The van der Waals surface area contributed by atoms with E-state index >= 15 is 0 Å². The molecule has 0 amide bonds. The van der Waals surface area contributed by atoms with Crippen molar-refractivity contribution >= 4 is 22.4 Å². The van der Waals surface area contributed by atoms with Crippen LogP contribution in [-0.4, -0.2) is 38.1 Å². The van der Waals surface area contributed by atoms with Crippen molar-refractivity contribution in [3.8, 4) is 0 Å². The van der Waals surface area contributed by atoms with Gasteiger partial charge < -0.3 is 5.73 Å². The van der Waals surface area contributed by atoms with Gasteiger partial charge in [-0.3, -0.25) is 0 Å². The Morgan fingerprint density at radius 1 is 1.06 bits per heavy atom. The Kier molecular flexibility index (Phi) is 8.37. The molecule has 0 spiro atoms. The number of sulfonamides is 1. The van der Waals surface area contributed by atoms with Crippen LogP contribution in [0.15, 0.2) is 42.5 Å². The van der Waals surface area contributed by atoms with Crippen LogP contribution in [0.3, 0.4) is 0 Å². The Hall–Kier alpha value is -1.47. The van der Waals surface area contributed by atoms with Gasteiger partial charge in [0.05, 0.1) is 5.75 Å². The molecule has 2 N–H and O–H groups in total. The molecule has 0 heterocycles. The average molecular weight is 481 g/mol. The monoisotopic (exact) mass is 480 g/mol. The highest BCUT2D eigenvalue weighted by molar-refractivity contribution is 7.89. The summed E-state index contributed by atoms with van der Waals surface area (Å²) in [6.45, 7) is 0.546. The number of hydrogen-bond donors (Lipinski definition) is 1. The molecule has 2 aromatic carbocycles. The topological polar surface area (TPSA) is 63.4 Å². The third-order valence-corrected chi connectivity index (χ3v) is 8.82. The normalized spacial score (nSPS) is 20.6. The van der Waals surface area contributed by atoms with Crippen LogP contribution >= 0.6 is 12.4 Å². The Labute approximate surface area is 197 Å². The molecule has 2 unspecified atom stereocenters. The fraction of sp³-hybridized carbons (Fsp3) is 0.520. The third-order valence-electron chi connectivity index (χ3n) is 6.80. The van der Waals surface area contributed by atoms with E-state index in [0.29, 0.717) is 18.2 Å². The van der Waals surface area contributed by atoms with Crippen molar-refractivity contribution in [1.29, 1.82) is 0 Å². The maximum atomic E-state index is 13.3. The van der Waals surface area contributed by atoms with Crippen molar-refractivity contribution in [2.75, 3.05) is 19.3 Å². The van der Waals surface area contributed by atoms with Crippen molar-refractivity contribution in [1.82, 2.24) is 4.31 Å². The smallest absolute Gasteiger partial charge is 0.214 e. The minimum absolute atomic E-state index is 0. The molecular weight excluding hydrogens is 447 g/mol. The molecule has 4 rings (SSSR count). The lowest BCUT2D eigenvalue weighted by Crippen LogP contribution is -2.34. The number of fused-ring (bicyclic) bond motifs is 1. The molecule has 0 aromatic heterocycles. The van der Waals surface area contributed by atoms with E-state index in [0.717, 1.165) is 50.5 Å². The summed E-state index contributed by atoms with van der Waals surface area (Å²) in [6.07, 6.45) is 6.48. The second kappa shape index (κ2) is 10.6. The van der Waals surface area contributed by atoms with Crippen LogP contribution in [0, 0.1) is 11.7 Å². The van der Waals surface area contributed by atoms with E-state index in [4.69, 9.17) is 5.73 Å². The van der Waals surface area contributed by atoms with Gasteiger partial charge in [0.25, 0.3) is 0 Å². The van der Waals surface area contributed by atoms with Gasteiger partial charge >= 0.3 is 0 Å². The number of nitrogens with zero attached hydrogens (tertiary/aromatic N) is 1. The lowest BCUT2D eigenvalue weighted by Gasteiger charge is -2.32. The minimum atomic E-state index is -3.13. The predicted molar refractivity (Wildman–Crippen MR) is 130 cm³/mol. The van der Waals surface area contributed by atoms with Crippen LogP contribution in [0.4, 0.5) is 4.39 Å². The molecule has 7 heteroatoms. The maximum absolute atomic E-state index is 13.3. The molecule has 0 aliphatic heterocycles. The van der Waals surface area contributed by atoms with Gasteiger partial charge in [-0.25, -0.2) is 17.1 Å². The second-order valence-corrected chi connectivity index (χ2v) is 11.4. The van der Waals surface area contributed by atoms with Crippen molar-refractivity contribution in [2.24, 2.45) is 11.7 Å². The first-order valence-corrected chi connectivity index (χ1v) is 13.0. The SMILES string of the molecule is CN(CCCc1ccc2c(c1)C(Cc1ccc(F)cc1)C(N)CC2)S(=O)(=O)CC1CC1.Cl. The highest BCUT2D eigenvalue weighted by atomic mass is 35.5. The summed E-state index contributed by atoms with van der Waals surface area (Å²) in [7, 11) is -1.43. The Morgan fingerprint density at radius 2 is 1.75 bits per heavy atom. The van der Waals surface area contributed by atoms with Crippen molar-refractivity contribution in [3.63, 3.8) is 0 Å². The van der Waals surface area contributed by atoms with E-state index in [1.807, 2.05) is 12.1 Å². The van der Waals surface area contributed by atoms with Crippen LogP contribution in [0.5, 0.6) is 0 Å². The largest absolute Gasteiger partial charge is 0.327 e. The van der Waals surface area contributed by atoms with E-state index < -0.39 is 10.0 Å². The molecule has 2 aliphatic carbocycles. The van der Waals surface area contributed by atoms with Gasteiger partial charge in [0, 0.05) is 25.6 Å². The number of aryl methyl sites for hydroxylation is 2. The second-order valence-electron chi connectivity index (χ2n) is 9.32. The van der Waals surface area contributed by atoms with Crippen LogP contribution in [-0.2, 0) is 29.3 Å². The number of rotatable bonds is 9. The van der Waals surface area contributed by atoms with E-state index in [1.54, 1.807) is 7.05 Å². The van der Waals surface area contributed by atoms with E-state index in [-0.39, 0.29) is 30.2 Å². The Bertz CT molecular complexity index is 1010. The van der Waals surface area contributed by atoms with Gasteiger partial charge in [-0.15, -0.1) is 12.4 Å². The van der Waals surface area contributed by atoms with Gasteiger partial charge in [-0.2, -0.15) is 0 Å². The first kappa shape index (κ1) is 25.2. The standard InChI is InChI=1S/C25H33FN2O2S.ClH/c1-28(31(29,30)17-20-4-5-20)14-2-3-18-6-9-21-10-13-25(27)24(23(21)15-18)16-19-7-11-22(26)12-8-19;/h6-9,11-12,15,20,24-25H,2-5,10,13-14,16-17,27H2,1H3;1H. The summed E-state index contributed by atoms with van der Waals surface area (Å²) in [5, 5.41) is 0. The number of hydrogen-bond acceptors (Lipinski definition) is 3. The molecular formula is C25H34ClFN2O2S. The highest BCUT2D eigenvalue weighted by Gasteiger charge is 2.30. The quantitative estimate of drug-likeness (QED) is 0.576. The Balaban J connectivity index is 0.00000289. The van der Waals surface area contributed by atoms with Crippen molar-refractivity contribution in [3.05, 3.63) is 70.5 Å². The van der Waals surface area contributed by atoms with Crippen LogP contribution in [0.1, 0.15) is 53.9 Å². The number of nitrogens with two attached hydrogens (primary N) is 1. The lowest BCUT2D eigenvalue weighted by atomic mass is 9.76. The van der Waals surface area contributed by atoms with Crippen molar-refractivity contribution in [2.45, 2.75) is 56.9 Å². The summed E-state index contributed by atoms with van der Waals surface area (Å²) in [6, 6.07) is 13.4. The Morgan fingerprint density at radius 3 is 2.44 bits per heavy atom. The molecule has 0 radical (unpaired) electrons. The molecule has 0 saturated heterocycles. The van der Waals surface area contributed by atoms with Crippen molar-refractivity contribution < 1.29 is 12.8 Å². The summed E-state index contributed by atoms with van der Waals surface area (Å²) >= 11 is 0. The molecule has 176 valence electrons. The maximum Gasteiger partial charge on any atom is 0.214 e. The zero-order valence-corrected chi connectivity index (χ0v) is 20.3. The molecule has 2 aliphatic rings. The molecule has 0 bridgehead atoms. The molecule has 32 heavy (non-hydrogen) atoms. The van der Waals surface area contributed by atoms with Gasteiger partial charge in [0.2, 0.25) is 10.0 Å². The first-order valence-electron chi connectivity index (χ1n) is 11.4. The van der Waals surface area contributed by atoms with Gasteiger partial charge in [0.15, 0.2) is 0 Å². The fourth-order valence-electron chi connectivity index (χ4n) is 4.62. The number of benzene rings is 2. The average Bonchev–Trinajstić information content (AvgIpc) is 3.55. The summed E-state index contributed by atoms with van der Waals surface area (Å²) in [5.74, 6) is 0.667. The van der Waals surface area contributed by atoms with Crippen LogP contribution in [0.2, 0.25) is 0 Å². The summed E-state index contributed by atoms with van der Waals surface area (Å²) < 4.78 is 39.6. The summed E-state index contributed by atoms with van der Waals surface area (Å²) in [5.41, 5.74) is 11.5. The third kappa shape index (κ3) is 6.31. The first-order chi connectivity index (χ1) is 14.8. The zero-order chi connectivity index (χ0) is 22.0. The highest BCUT2D eigenvalue weighted by Crippen LogP contribution is 2.35. The van der Waals surface area contributed by atoms with E-state index in [2.05, 4.69) is 18.2 Å². The minimum Gasteiger partial charge on any atom is -0.327 e.